The van der Waals surface area contributed by atoms with Gasteiger partial charge in [-0.25, -0.2) is 0 Å². The first-order valence-electron chi connectivity index (χ1n) is 15.8. The second kappa shape index (κ2) is 14.2. The van der Waals surface area contributed by atoms with E-state index >= 15 is 0 Å². The number of piperidine rings is 1. The van der Waals surface area contributed by atoms with E-state index in [4.69, 9.17) is 5.73 Å². The van der Waals surface area contributed by atoms with E-state index in [0.29, 0.717) is 24.2 Å². The Labute approximate surface area is 243 Å². The van der Waals surface area contributed by atoms with Crippen LogP contribution in [-0.2, 0) is 17.6 Å². The number of rotatable bonds is 10. The zero-order chi connectivity index (χ0) is 28.6. The van der Waals surface area contributed by atoms with Gasteiger partial charge in [-0.05, 0) is 72.3 Å². The van der Waals surface area contributed by atoms with Crippen LogP contribution in [0.5, 0.6) is 0 Å². The number of aryl methyl sites for hydroxylation is 2. The third kappa shape index (κ3) is 7.28. The lowest BCUT2D eigenvalue weighted by Crippen LogP contribution is -2.58. The van der Waals surface area contributed by atoms with Gasteiger partial charge in [-0.2, -0.15) is 0 Å². The van der Waals surface area contributed by atoms with Gasteiger partial charge in [-0.15, -0.1) is 0 Å². The van der Waals surface area contributed by atoms with Crippen molar-refractivity contribution in [3.05, 3.63) is 82.7 Å². The van der Waals surface area contributed by atoms with Gasteiger partial charge < -0.3 is 15.5 Å². The lowest BCUT2D eigenvalue weighted by atomic mass is 9.90. The third-order valence-corrected chi connectivity index (χ3v) is 9.17. The quantitative estimate of drug-likeness (QED) is 0.377. The molecule has 5 heteroatoms. The monoisotopic (exact) mass is 544 g/mol. The lowest BCUT2D eigenvalue weighted by Gasteiger charge is -2.47. The first-order valence-corrected chi connectivity index (χ1v) is 15.8. The molecule has 2 fully saturated rings. The van der Waals surface area contributed by atoms with E-state index < -0.39 is 0 Å². The molecule has 0 saturated carbocycles. The van der Waals surface area contributed by atoms with E-state index in [1.54, 1.807) is 0 Å². The summed E-state index contributed by atoms with van der Waals surface area (Å²) in [6.07, 6.45) is 7.90. The maximum Gasteiger partial charge on any atom is 0.223 e. The highest BCUT2D eigenvalue weighted by Crippen LogP contribution is 2.33. The summed E-state index contributed by atoms with van der Waals surface area (Å²) in [6, 6.07) is 18.8. The SMILES string of the molecule is CC/C=C(/N)N1CCC(CC(=O)N2CCN(C(c3ccc(CC)cc3)c3ccc(CC)cc3)C[C@H]2C(C)C)CC1. The molecule has 5 nitrogen and oxygen atoms in total. The summed E-state index contributed by atoms with van der Waals surface area (Å²) < 4.78 is 0. The molecule has 0 aromatic heterocycles. The van der Waals surface area contributed by atoms with E-state index in [1.165, 1.54) is 22.3 Å². The summed E-state index contributed by atoms with van der Waals surface area (Å²) in [5.74, 6) is 2.08. The minimum absolute atomic E-state index is 0.196. The molecule has 2 aromatic carbocycles. The van der Waals surface area contributed by atoms with Crippen molar-refractivity contribution in [1.82, 2.24) is 14.7 Å². The molecule has 218 valence electrons. The average Bonchev–Trinajstić information content (AvgIpc) is 2.98. The highest BCUT2D eigenvalue weighted by Gasteiger charge is 2.37. The maximum atomic E-state index is 13.7. The number of likely N-dealkylation sites (tertiary alicyclic amines) is 1. The van der Waals surface area contributed by atoms with Gasteiger partial charge >= 0.3 is 0 Å². The number of nitrogens with zero attached hydrogens (tertiary/aromatic N) is 3. The van der Waals surface area contributed by atoms with Crippen LogP contribution in [0.3, 0.4) is 0 Å². The molecule has 2 aromatic rings. The summed E-state index contributed by atoms with van der Waals surface area (Å²) in [4.78, 5) is 20.8. The van der Waals surface area contributed by atoms with Crippen molar-refractivity contribution in [3.63, 3.8) is 0 Å². The van der Waals surface area contributed by atoms with Crippen LogP contribution in [-0.4, -0.2) is 59.4 Å². The molecule has 0 aliphatic carbocycles. The van der Waals surface area contributed by atoms with Crippen molar-refractivity contribution >= 4 is 5.91 Å². The highest BCUT2D eigenvalue weighted by atomic mass is 16.2. The number of allylic oxidation sites excluding steroid dienone is 1. The number of carbonyl (C=O) groups is 1. The van der Waals surface area contributed by atoms with Crippen molar-refractivity contribution in [2.75, 3.05) is 32.7 Å². The summed E-state index contributed by atoms with van der Waals surface area (Å²) in [6.45, 7) is 15.6. The largest absolute Gasteiger partial charge is 0.386 e. The number of carbonyl (C=O) groups excluding carboxylic acids is 1. The summed E-state index contributed by atoms with van der Waals surface area (Å²) in [5.41, 5.74) is 11.7. The zero-order valence-corrected chi connectivity index (χ0v) is 25.6. The van der Waals surface area contributed by atoms with E-state index in [1.807, 2.05) is 0 Å². The smallest absolute Gasteiger partial charge is 0.223 e. The van der Waals surface area contributed by atoms with Crippen molar-refractivity contribution in [2.24, 2.45) is 17.6 Å². The maximum absolute atomic E-state index is 13.7. The zero-order valence-electron chi connectivity index (χ0n) is 25.6. The molecule has 4 rings (SSSR count). The average molecular weight is 545 g/mol. The van der Waals surface area contributed by atoms with Crippen molar-refractivity contribution < 1.29 is 4.79 Å². The molecule has 0 unspecified atom stereocenters. The molecule has 0 bridgehead atoms. The van der Waals surface area contributed by atoms with E-state index in [2.05, 4.69) is 104 Å². The Morgan fingerprint density at radius 1 is 0.875 bits per heavy atom. The van der Waals surface area contributed by atoms with Crippen LogP contribution in [0, 0.1) is 11.8 Å². The van der Waals surface area contributed by atoms with E-state index in [0.717, 1.165) is 70.6 Å². The molecular weight excluding hydrogens is 492 g/mol. The third-order valence-electron chi connectivity index (χ3n) is 9.17. The number of hydrogen-bond donors (Lipinski definition) is 1. The minimum Gasteiger partial charge on any atom is -0.386 e. The van der Waals surface area contributed by atoms with Crippen LogP contribution in [0.1, 0.15) is 88.6 Å². The fourth-order valence-corrected chi connectivity index (χ4v) is 6.53. The summed E-state index contributed by atoms with van der Waals surface area (Å²) >= 11 is 0. The van der Waals surface area contributed by atoms with Gasteiger partial charge in [0, 0.05) is 45.2 Å². The van der Waals surface area contributed by atoms with Crippen LogP contribution in [0.15, 0.2) is 60.4 Å². The minimum atomic E-state index is 0.196. The van der Waals surface area contributed by atoms with Gasteiger partial charge in [0.25, 0.3) is 0 Å². The van der Waals surface area contributed by atoms with Gasteiger partial charge in [-0.3, -0.25) is 9.69 Å². The number of nitrogens with two attached hydrogens (primary N) is 1. The number of hydrogen-bond acceptors (Lipinski definition) is 4. The molecule has 2 saturated heterocycles. The lowest BCUT2D eigenvalue weighted by molar-refractivity contribution is -0.139. The van der Waals surface area contributed by atoms with Crippen LogP contribution in [0.4, 0.5) is 0 Å². The molecule has 0 spiro atoms. The van der Waals surface area contributed by atoms with E-state index in [9.17, 15) is 4.79 Å². The predicted molar refractivity (Wildman–Crippen MR) is 167 cm³/mol. The Bertz CT molecular complexity index is 1050. The second-order valence-corrected chi connectivity index (χ2v) is 12.2. The highest BCUT2D eigenvalue weighted by molar-refractivity contribution is 5.77. The fourth-order valence-electron chi connectivity index (χ4n) is 6.53. The first kappa shape index (κ1) is 30.2. The van der Waals surface area contributed by atoms with Crippen molar-refractivity contribution in [2.45, 2.75) is 85.2 Å². The Balaban J connectivity index is 1.48. The molecule has 2 aliphatic heterocycles. The second-order valence-electron chi connectivity index (χ2n) is 12.2. The van der Waals surface area contributed by atoms with Gasteiger partial charge in [0.2, 0.25) is 5.91 Å². The molecule has 1 atom stereocenters. The first-order chi connectivity index (χ1) is 19.3. The van der Waals surface area contributed by atoms with Crippen LogP contribution >= 0.6 is 0 Å². The number of amides is 1. The van der Waals surface area contributed by atoms with Gasteiger partial charge in [0.05, 0.1) is 11.9 Å². The van der Waals surface area contributed by atoms with E-state index in [-0.39, 0.29) is 12.1 Å². The Hall–Kier alpha value is -2.79. The summed E-state index contributed by atoms with van der Waals surface area (Å²) in [5, 5.41) is 0. The molecule has 2 N–H and O–H groups in total. The molecule has 40 heavy (non-hydrogen) atoms. The van der Waals surface area contributed by atoms with Gasteiger partial charge in [0.15, 0.2) is 0 Å². The Morgan fingerprint density at radius 2 is 1.43 bits per heavy atom. The van der Waals surface area contributed by atoms with Gasteiger partial charge in [-0.1, -0.05) is 83.1 Å². The van der Waals surface area contributed by atoms with Crippen LogP contribution < -0.4 is 5.73 Å². The molecule has 0 radical (unpaired) electrons. The summed E-state index contributed by atoms with van der Waals surface area (Å²) in [7, 11) is 0. The molecule has 2 heterocycles. The standard InChI is InChI=1S/C35H52N4O/c1-6-9-33(36)37-20-18-29(19-21-37)24-34(40)39-23-22-38(25-32(39)26(4)5)35(30-14-10-27(7-2)11-15-30)31-16-12-28(8-3)13-17-31/h9-17,26,29,32,35H,6-8,18-25,36H2,1-5H3/b33-9-/t32-/m0/s1. The van der Waals surface area contributed by atoms with Gasteiger partial charge in [0.1, 0.15) is 0 Å². The van der Waals surface area contributed by atoms with Crippen molar-refractivity contribution in [3.8, 4) is 0 Å². The molecule has 2 aliphatic rings. The Morgan fingerprint density at radius 3 is 1.90 bits per heavy atom. The van der Waals surface area contributed by atoms with Crippen LogP contribution in [0.2, 0.25) is 0 Å². The molecular formula is C35H52N4O. The number of piperazine rings is 1. The fraction of sp³-hybridized carbons (Fsp3) is 0.571. The topological polar surface area (TPSA) is 52.8 Å². The predicted octanol–water partition coefficient (Wildman–Crippen LogP) is 6.38. The van der Waals surface area contributed by atoms with Crippen molar-refractivity contribution in [1.29, 1.82) is 0 Å². The number of benzene rings is 2. The molecule has 1 amide bonds. The normalized spacial score (nSPS) is 19.6. The Kier molecular flexibility index (Phi) is 10.7. The van der Waals surface area contributed by atoms with Crippen LogP contribution in [0.25, 0.3) is 0 Å².